The van der Waals surface area contributed by atoms with Crippen molar-refractivity contribution in [2.75, 3.05) is 0 Å². The third-order valence-electron chi connectivity index (χ3n) is 4.54. The van der Waals surface area contributed by atoms with Crippen molar-refractivity contribution in [3.63, 3.8) is 0 Å². The van der Waals surface area contributed by atoms with Crippen molar-refractivity contribution >= 4 is 24.0 Å². The third kappa shape index (κ3) is 4.11. The average Bonchev–Trinajstić information content (AvgIpc) is 3.01. The summed E-state index contributed by atoms with van der Waals surface area (Å²) in [6.45, 7) is 0. The SMILES string of the molecule is O=CCC[C@@H]1[C@H](CC=CCCCC(=O)O)[C@@H]2CC[C@H]1S2. The lowest BCUT2D eigenvalue weighted by molar-refractivity contribution is -0.137. The summed E-state index contributed by atoms with van der Waals surface area (Å²) in [5.74, 6) is 0.735. The van der Waals surface area contributed by atoms with E-state index in [1.807, 2.05) is 0 Å². The van der Waals surface area contributed by atoms with Crippen molar-refractivity contribution in [1.82, 2.24) is 0 Å². The molecule has 20 heavy (non-hydrogen) atoms. The fourth-order valence-electron chi connectivity index (χ4n) is 3.60. The van der Waals surface area contributed by atoms with E-state index in [-0.39, 0.29) is 6.42 Å². The Morgan fingerprint density at radius 3 is 2.60 bits per heavy atom. The summed E-state index contributed by atoms with van der Waals surface area (Å²) in [6, 6.07) is 0. The predicted octanol–water partition coefficient (Wildman–Crippen LogP) is 3.68. The van der Waals surface area contributed by atoms with Crippen LogP contribution >= 0.6 is 11.8 Å². The topological polar surface area (TPSA) is 54.4 Å². The summed E-state index contributed by atoms with van der Waals surface area (Å²) in [4.78, 5) is 21.0. The van der Waals surface area contributed by atoms with Crippen LogP contribution in [0.4, 0.5) is 0 Å². The van der Waals surface area contributed by atoms with Crippen LogP contribution in [-0.2, 0) is 9.59 Å². The summed E-state index contributed by atoms with van der Waals surface area (Å²) >= 11 is 2.14. The Balaban J connectivity index is 1.74. The number of carbonyl (C=O) groups is 2. The number of aldehydes is 1. The minimum absolute atomic E-state index is 0.260. The standard InChI is InChI=1S/C16H24O3S/c17-11-5-7-13-12(14-9-10-15(13)20-14)6-3-1-2-4-8-16(18)19/h1,3,11-15H,2,4-10H2,(H,18,19)/t12-,13+,14-,15+/m0/s1. The molecule has 2 fully saturated rings. The maximum atomic E-state index is 10.6. The van der Waals surface area contributed by atoms with Crippen LogP contribution in [0.1, 0.15) is 51.4 Å². The Kier molecular flexibility index (Phi) is 6.14. The van der Waals surface area contributed by atoms with Gasteiger partial charge < -0.3 is 9.90 Å². The molecule has 0 aromatic heterocycles. The molecule has 1 N–H and O–H groups in total. The van der Waals surface area contributed by atoms with E-state index in [1.165, 1.54) is 12.8 Å². The van der Waals surface area contributed by atoms with Crippen molar-refractivity contribution in [1.29, 1.82) is 0 Å². The van der Waals surface area contributed by atoms with Crippen LogP contribution in [0, 0.1) is 11.8 Å². The molecule has 0 spiro atoms. The fraction of sp³-hybridized carbons (Fsp3) is 0.750. The Morgan fingerprint density at radius 2 is 1.90 bits per heavy atom. The third-order valence-corrected chi connectivity index (χ3v) is 6.41. The molecular formula is C16H24O3S. The first-order valence-electron chi connectivity index (χ1n) is 7.68. The quantitative estimate of drug-likeness (QED) is 0.400. The van der Waals surface area contributed by atoms with E-state index < -0.39 is 5.97 Å². The summed E-state index contributed by atoms with van der Waals surface area (Å²) in [7, 11) is 0. The van der Waals surface area contributed by atoms with Gasteiger partial charge in [0.25, 0.3) is 0 Å². The van der Waals surface area contributed by atoms with Gasteiger partial charge in [-0.15, -0.1) is 0 Å². The van der Waals surface area contributed by atoms with Crippen LogP contribution in [0.3, 0.4) is 0 Å². The summed E-state index contributed by atoms with van der Waals surface area (Å²) in [5, 5.41) is 10.2. The van der Waals surface area contributed by atoms with Gasteiger partial charge in [-0.25, -0.2) is 0 Å². The van der Waals surface area contributed by atoms with Crippen molar-refractivity contribution in [2.24, 2.45) is 11.8 Å². The largest absolute Gasteiger partial charge is 0.481 e. The minimum Gasteiger partial charge on any atom is -0.481 e. The van der Waals surface area contributed by atoms with Gasteiger partial charge in [0.2, 0.25) is 0 Å². The van der Waals surface area contributed by atoms with Gasteiger partial charge in [0.15, 0.2) is 0 Å². The number of unbranched alkanes of at least 4 members (excludes halogenated alkanes) is 1. The normalized spacial score (nSPS) is 32.0. The van der Waals surface area contributed by atoms with Gasteiger partial charge in [0.05, 0.1) is 0 Å². The van der Waals surface area contributed by atoms with Gasteiger partial charge in [0, 0.05) is 23.3 Å². The van der Waals surface area contributed by atoms with E-state index >= 15 is 0 Å². The molecule has 0 aromatic rings. The summed E-state index contributed by atoms with van der Waals surface area (Å²) in [6.07, 6.45) is 12.8. The van der Waals surface area contributed by atoms with Crippen LogP contribution in [-0.4, -0.2) is 27.9 Å². The van der Waals surface area contributed by atoms with Crippen LogP contribution in [0.5, 0.6) is 0 Å². The van der Waals surface area contributed by atoms with Crippen molar-refractivity contribution in [2.45, 2.75) is 61.9 Å². The Labute approximate surface area is 125 Å². The van der Waals surface area contributed by atoms with Gasteiger partial charge in [-0.2, -0.15) is 11.8 Å². The van der Waals surface area contributed by atoms with E-state index in [4.69, 9.17) is 5.11 Å². The molecule has 2 bridgehead atoms. The van der Waals surface area contributed by atoms with Crippen molar-refractivity contribution in [3.8, 4) is 0 Å². The van der Waals surface area contributed by atoms with E-state index in [0.29, 0.717) is 12.3 Å². The molecule has 0 aliphatic carbocycles. The molecule has 2 heterocycles. The van der Waals surface area contributed by atoms with Crippen LogP contribution < -0.4 is 0 Å². The van der Waals surface area contributed by atoms with E-state index in [1.54, 1.807) is 0 Å². The molecule has 3 nitrogen and oxygen atoms in total. The van der Waals surface area contributed by atoms with Gasteiger partial charge in [-0.3, -0.25) is 4.79 Å². The maximum Gasteiger partial charge on any atom is 0.303 e. The highest BCUT2D eigenvalue weighted by Crippen LogP contribution is 2.55. The predicted molar refractivity (Wildman–Crippen MR) is 81.9 cm³/mol. The number of carboxylic acid groups (broad SMARTS) is 1. The molecule has 2 saturated heterocycles. The molecule has 0 unspecified atom stereocenters. The fourth-order valence-corrected chi connectivity index (χ4v) is 5.65. The van der Waals surface area contributed by atoms with Gasteiger partial charge in [0.1, 0.15) is 6.29 Å². The Hall–Kier alpha value is -0.770. The lowest BCUT2D eigenvalue weighted by atomic mass is 9.75. The van der Waals surface area contributed by atoms with E-state index in [2.05, 4.69) is 23.9 Å². The lowest BCUT2D eigenvalue weighted by Crippen LogP contribution is -2.26. The van der Waals surface area contributed by atoms with Crippen LogP contribution in [0.15, 0.2) is 12.2 Å². The number of thioether (sulfide) groups is 1. The number of aliphatic carboxylic acids is 1. The molecule has 0 aromatic carbocycles. The molecule has 2 rings (SSSR count). The highest BCUT2D eigenvalue weighted by Gasteiger charge is 2.46. The van der Waals surface area contributed by atoms with E-state index in [9.17, 15) is 9.59 Å². The smallest absolute Gasteiger partial charge is 0.303 e. The monoisotopic (exact) mass is 296 g/mol. The first-order valence-corrected chi connectivity index (χ1v) is 8.62. The molecule has 0 radical (unpaired) electrons. The van der Waals surface area contributed by atoms with Crippen molar-refractivity contribution in [3.05, 3.63) is 12.2 Å². The summed E-state index contributed by atoms with van der Waals surface area (Å²) < 4.78 is 0. The average molecular weight is 296 g/mol. The molecule has 4 heteroatoms. The van der Waals surface area contributed by atoms with Crippen LogP contribution in [0.2, 0.25) is 0 Å². The molecule has 0 saturated carbocycles. The molecule has 112 valence electrons. The number of fused-ring (bicyclic) bond motifs is 2. The van der Waals surface area contributed by atoms with E-state index in [0.717, 1.165) is 48.4 Å². The number of hydrogen-bond acceptors (Lipinski definition) is 3. The molecule has 0 amide bonds. The minimum atomic E-state index is -0.711. The number of rotatable bonds is 9. The highest BCUT2D eigenvalue weighted by molar-refractivity contribution is 8.01. The number of carbonyl (C=O) groups excluding carboxylic acids is 1. The van der Waals surface area contributed by atoms with Crippen molar-refractivity contribution < 1.29 is 14.7 Å². The molecule has 2 aliphatic heterocycles. The van der Waals surface area contributed by atoms with Gasteiger partial charge in [-0.1, -0.05) is 12.2 Å². The Bertz CT molecular complexity index is 367. The highest BCUT2D eigenvalue weighted by atomic mass is 32.2. The van der Waals surface area contributed by atoms with Gasteiger partial charge in [-0.05, 0) is 50.4 Å². The second-order valence-electron chi connectivity index (χ2n) is 5.86. The van der Waals surface area contributed by atoms with Gasteiger partial charge >= 0.3 is 5.97 Å². The first-order chi connectivity index (χ1) is 9.72. The number of carboxylic acids is 1. The first kappa shape index (κ1) is 15.6. The molecular weight excluding hydrogens is 272 g/mol. The Morgan fingerprint density at radius 1 is 1.15 bits per heavy atom. The second-order valence-corrected chi connectivity index (χ2v) is 7.34. The molecule has 4 atom stereocenters. The number of allylic oxidation sites excluding steroid dienone is 2. The zero-order chi connectivity index (χ0) is 14.4. The summed E-state index contributed by atoms with van der Waals surface area (Å²) in [5.41, 5.74) is 0. The molecule has 2 aliphatic rings. The second kappa shape index (κ2) is 7.87. The maximum absolute atomic E-state index is 10.6. The number of hydrogen-bond donors (Lipinski definition) is 1. The zero-order valence-corrected chi connectivity index (χ0v) is 12.7. The lowest BCUT2D eigenvalue weighted by Gasteiger charge is -2.28. The zero-order valence-electron chi connectivity index (χ0n) is 11.9. The van der Waals surface area contributed by atoms with Crippen LogP contribution in [0.25, 0.3) is 0 Å².